The maximum absolute atomic E-state index is 13.4. The molecule has 1 aromatic heterocycles. The molecule has 0 spiro atoms. The Morgan fingerprint density at radius 3 is 2.87 bits per heavy atom. The minimum Gasteiger partial charge on any atom is -0.338 e. The number of hydrogen-bond donors (Lipinski definition) is 0. The second-order valence-corrected chi connectivity index (χ2v) is 3.95. The van der Waals surface area contributed by atoms with E-state index in [0.29, 0.717) is 21.2 Å². The van der Waals surface area contributed by atoms with Gasteiger partial charge in [0.25, 0.3) is 0 Å². The Morgan fingerprint density at radius 1 is 1.47 bits per heavy atom. The maximum atomic E-state index is 13.4. The number of halogens is 3. The highest BCUT2D eigenvalue weighted by molar-refractivity contribution is 9.10. The van der Waals surface area contributed by atoms with Gasteiger partial charge in [-0.05, 0) is 33.2 Å². The summed E-state index contributed by atoms with van der Waals surface area (Å²) < 4.78 is 18.5. The first-order chi connectivity index (χ1) is 7.16. The van der Waals surface area contributed by atoms with Crippen molar-refractivity contribution >= 4 is 27.5 Å². The summed E-state index contributed by atoms with van der Waals surface area (Å²) in [6, 6.07) is 4.50. The van der Waals surface area contributed by atoms with Crippen molar-refractivity contribution < 1.29 is 8.91 Å². The first kappa shape index (κ1) is 10.6. The zero-order valence-electron chi connectivity index (χ0n) is 7.38. The molecule has 6 heteroatoms. The molecule has 2 rings (SSSR count). The third-order valence-electron chi connectivity index (χ3n) is 1.83. The molecule has 0 saturated carbocycles. The second kappa shape index (κ2) is 4.28. The molecule has 0 fully saturated rings. The van der Waals surface area contributed by atoms with Gasteiger partial charge < -0.3 is 4.52 Å². The van der Waals surface area contributed by atoms with E-state index in [0.717, 1.165) is 0 Å². The van der Waals surface area contributed by atoms with Crippen LogP contribution in [0.1, 0.15) is 11.5 Å². The van der Waals surface area contributed by atoms with Crippen molar-refractivity contribution in [3.8, 4) is 0 Å². The van der Waals surface area contributed by atoms with Crippen molar-refractivity contribution in [2.75, 3.05) is 0 Å². The standard InChI is InChI=1S/C9H5BrClFN2O/c10-9-13-8(15-14-9)4-5-6(11)2-1-3-7(5)12/h1-3H,4H2. The molecule has 78 valence electrons. The minimum absolute atomic E-state index is 0.185. The van der Waals surface area contributed by atoms with Crippen LogP contribution in [0.15, 0.2) is 27.5 Å². The van der Waals surface area contributed by atoms with E-state index in [1.165, 1.54) is 6.07 Å². The quantitative estimate of drug-likeness (QED) is 0.853. The van der Waals surface area contributed by atoms with Gasteiger partial charge in [-0.1, -0.05) is 17.7 Å². The third-order valence-corrected chi connectivity index (χ3v) is 2.51. The maximum Gasteiger partial charge on any atom is 0.238 e. The number of hydrogen-bond acceptors (Lipinski definition) is 3. The van der Waals surface area contributed by atoms with Gasteiger partial charge >= 0.3 is 0 Å². The van der Waals surface area contributed by atoms with Gasteiger partial charge in [0.2, 0.25) is 10.6 Å². The highest BCUT2D eigenvalue weighted by Gasteiger charge is 2.11. The molecule has 0 aliphatic carbocycles. The van der Waals surface area contributed by atoms with E-state index >= 15 is 0 Å². The summed E-state index contributed by atoms with van der Waals surface area (Å²) in [6.45, 7) is 0. The van der Waals surface area contributed by atoms with Crippen LogP contribution in [0.5, 0.6) is 0 Å². The Balaban J connectivity index is 2.31. The Labute approximate surface area is 98.4 Å². The number of nitrogens with zero attached hydrogens (tertiary/aromatic N) is 2. The van der Waals surface area contributed by atoms with E-state index in [1.54, 1.807) is 12.1 Å². The van der Waals surface area contributed by atoms with Crippen molar-refractivity contribution in [3.05, 3.63) is 45.2 Å². The van der Waals surface area contributed by atoms with Crippen LogP contribution in [0.2, 0.25) is 5.02 Å². The first-order valence-electron chi connectivity index (χ1n) is 4.08. The lowest BCUT2D eigenvalue weighted by molar-refractivity contribution is 0.380. The van der Waals surface area contributed by atoms with Crippen LogP contribution in [0, 0.1) is 5.82 Å². The molecular weight excluding hydrogens is 286 g/mol. The zero-order chi connectivity index (χ0) is 10.8. The molecule has 15 heavy (non-hydrogen) atoms. The monoisotopic (exact) mass is 290 g/mol. The van der Waals surface area contributed by atoms with Crippen molar-refractivity contribution in [1.82, 2.24) is 10.1 Å². The lowest BCUT2D eigenvalue weighted by Gasteiger charge is -2.01. The fourth-order valence-corrected chi connectivity index (χ4v) is 1.66. The molecule has 1 aromatic carbocycles. The second-order valence-electron chi connectivity index (χ2n) is 2.83. The minimum atomic E-state index is -0.378. The Kier molecular flexibility index (Phi) is 3.02. The number of benzene rings is 1. The third kappa shape index (κ3) is 2.35. The van der Waals surface area contributed by atoms with Gasteiger partial charge in [0.1, 0.15) is 5.82 Å². The molecule has 0 radical (unpaired) electrons. The van der Waals surface area contributed by atoms with Crippen molar-refractivity contribution in [1.29, 1.82) is 0 Å². The number of rotatable bonds is 2. The van der Waals surface area contributed by atoms with Crippen LogP contribution in [0.25, 0.3) is 0 Å². The summed E-state index contributed by atoms with van der Waals surface area (Å²) in [5.74, 6) is -0.0642. The average molecular weight is 292 g/mol. The van der Waals surface area contributed by atoms with Gasteiger partial charge in [-0.25, -0.2) is 4.39 Å². The lowest BCUT2D eigenvalue weighted by Crippen LogP contribution is -1.94. The van der Waals surface area contributed by atoms with Crippen LogP contribution in [-0.4, -0.2) is 10.1 Å². The Bertz CT molecular complexity index is 468. The van der Waals surface area contributed by atoms with Gasteiger partial charge in [-0.15, -0.1) is 0 Å². The Hall–Kier alpha value is -0.940. The predicted octanol–water partition coefficient (Wildman–Crippen LogP) is 3.22. The molecule has 0 aliphatic rings. The van der Waals surface area contributed by atoms with Gasteiger partial charge in [0.15, 0.2) is 0 Å². The van der Waals surface area contributed by atoms with Crippen LogP contribution in [-0.2, 0) is 6.42 Å². The fourth-order valence-electron chi connectivity index (χ4n) is 1.16. The van der Waals surface area contributed by atoms with Gasteiger partial charge in [-0.3, -0.25) is 0 Å². The van der Waals surface area contributed by atoms with E-state index in [-0.39, 0.29) is 12.2 Å². The van der Waals surface area contributed by atoms with E-state index in [2.05, 4.69) is 26.1 Å². The van der Waals surface area contributed by atoms with Crippen molar-refractivity contribution in [2.24, 2.45) is 0 Å². The molecule has 1 heterocycles. The predicted molar refractivity (Wildman–Crippen MR) is 56.2 cm³/mol. The van der Waals surface area contributed by atoms with Crippen LogP contribution >= 0.6 is 27.5 Å². The van der Waals surface area contributed by atoms with Crippen LogP contribution < -0.4 is 0 Å². The average Bonchev–Trinajstić information content (AvgIpc) is 2.58. The molecule has 0 unspecified atom stereocenters. The van der Waals surface area contributed by atoms with Crippen LogP contribution in [0.3, 0.4) is 0 Å². The van der Waals surface area contributed by atoms with Crippen molar-refractivity contribution in [3.63, 3.8) is 0 Å². The molecule has 0 amide bonds. The SMILES string of the molecule is Fc1cccc(Cl)c1Cc1nc(Br)no1. The van der Waals surface area contributed by atoms with E-state index in [4.69, 9.17) is 16.1 Å². The Morgan fingerprint density at radius 2 is 2.27 bits per heavy atom. The molecule has 2 aromatic rings. The van der Waals surface area contributed by atoms with Gasteiger partial charge in [0, 0.05) is 10.6 Å². The summed E-state index contributed by atoms with van der Waals surface area (Å²) in [7, 11) is 0. The van der Waals surface area contributed by atoms with E-state index in [1.807, 2.05) is 0 Å². The molecule has 0 aliphatic heterocycles. The fraction of sp³-hybridized carbons (Fsp3) is 0.111. The first-order valence-corrected chi connectivity index (χ1v) is 5.25. The largest absolute Gasteiger partial charge is 0.338 e. The molecule has 0 saturated heterocycles. The summed E-state index contributed by atoms with van der Waals surface area (Å²) in [5.41, 5.74) is 0.357. The zero-order valence-corrected chi connectivity index (χ0v) is 9.72. The molecular formula is C9H5BrClFN2O. The molecule has 3 nitrogen and oxygen atoms in total. The van der Waals surface area contributed by atoms with Crippen LogP contribution in [0.4, 0.5) is 4.39 Å². The summed E-state index contributed by atoms with van der Waals surface area (Å²) in [5, 5.41) is 3.89. The van der Waals surface area contributed by atoms with Crippen molar-refractivity contribution in [2.45, 2.75) is 6.42 Å². The van der Waals surface area contributed by atoms with E-state index < -0.39 is 0 Å². The van der Waals surface area contributed by atoms with Gasteiger partial charge in [-0.2, -0.15) is 4.98 Å². The van der Waals surface area contributed by atoms with Gasteiger partial charge in [0.05, 0.1) is 6.42 Å². The summed E-state index contributed by atoms with van der Waals surface area (Å²) >= 11 is 8.88. The lowest BCUT2D eigenvalue weighted by atomic mass is 10.1. The molecule has 0 atom stereocenters. The molecule has 0 N–H and O–H groups in total. The summed E-state index contributed by atoms with van der Waals surface area (Å²) in [4.78, 5) is 3.90. The summed E-state index contributed by atoms with van der Waals surface area (Å²) in [6.07, 6.45) is 0.185. The van der Waals surface area contributed by atoms with E-state index in [9.17, 15) is 4.39 Å². The topological polar surface area (TPSA) is 38.9 Å². The normalized spacial score (nSPS) is 10.6. The number of aromatic nitrogens is 2. The smallest absolute Gasteiger partial charge is 0.238 e. The highest BCUT2D eigenvalue weighted by atomic mass is 79.9. The molecule has 0 bridgehead atoms. The highest BCUT2D eigenvalue weighted by Crippen LogP contribution is 2.21.